The molecule has 6 nitrogen and oxygen atoms in total. The lowest BCUT2D eigenvalue weighted by atomic mass is 10.1. The second-order valence-electron chi connectivity index (χ2n) is 6.42. The Labute approximate surface area is 152 Å². The van der Waals surface area contributed by atoms with Gasteiger partial charge in [-0.15, -0.1) is 5.10 Å². The summed E-state index contributed by atoms with van der Waals surface area (Å²) < 4.78 is 43.7. The number of nitrogens with one attached hydrogen (secondary N) is 1. The summed E-state index contributed by atoms with van der Waals surface area (Å²) >= 11 is 0. The summed E-state index contributed by atoms with van der Waals surface area (Å²) in [7, 11) is 0. The zero-order chi connectivity index (χ0) is 19.0. The first-order chi connectivity index (χ1) is 12.9. The van der Waals surface area contributed by atoms with E-state index >= 15 is 0 Å². The lowest BCUT2D eigenvalue weighted by Gasteiger charge is -2.09. The fraction of sp³-hybridized carbons (Fsp3) is 0.278. The van der Waals surface area contributed by atoms with Gasteiger partial charge in [0.15, 0.2) is 0 Å². The molecule has 0 bridgehead atoms. The van der Waals surface area contributed by atoms with E-state index in [-0.39, 0.29) is 12.1 Å². The fourth-order valence-electron chi connectivity index (χ4n) is 3.00. The van der Waals surface area contributed by atoms with E-state index in [9.17, 15) is 13.2 Å². The van der Waals surface area contributed by atoms with Crippen LogP contribution in [0.5, 0.6) is 0 Å². The van der Waals surface area contributed by atoms with E-state index in [4.69, 9.17) is 10.2 Å². The van der Waals surface area contributed by atoms with Crippen LogP contribution >= 0.6 is 0 Å². The van der Waals surface area contributed by atoms with E-state index < -0.39 is 11.7 Å². The number of rotatable bonds is 5. The molecule has 2 unspecified atom stereocenters. The van der Waals surface area contributed by atoms with E-state index in [2.05, 4.69) is 20.5 Å². The summed E-state index contributed by atoms with van der Waals surface area (Å²) in [5.41, 5.74) is 6.68. The van der Waals surface area contributed by atoms with Crippen molar-refractivity contribution >= 4 is 6.01 Å². The standard InChI is InChI=1S/C18H16F3N5O/c19-18(20,21)12-3-1-2-10(6-12)14-5-4-11(8-23-14)13-7-15(13)24-9-16-25-26-17(22)27-16/h1-6,8,13,15,24H,7,9H2,(H2,22,26). The number of benzene rings is 1. The van der Waals surface area contributed by atoms with Crippen LogP contribution in [-0.4, -0.2) is 21.2 Å². The first-order valence-electron chi connectivity index (χ1n) is 8.35. The lowest BCUT2D eigenvalue weighted by molar-refractivity contribution is -0.137. The number of hydrogen-bond donors (Lipinski definition) is 2. The third-order valence-electron chi connectivity index (χ3n) is 4.49. The van der Waals surface area contributed by atoms with E-state index in [0.717, 1.165) is 24.1 Å². The molecule has 3 N–H and O–H groups in total. The highest BCUT2D eigenvalue weighted by molar-refractivity contribution is 5.60. The van der Waals surface area contributed by atoms with Gasteiger partial charge in [0.1, 0.15) is 0 Å². The van der Waals surface area contributed by atoms with Crippen molar-refractivity contribution in [2.45, 2.75) is 31.1 Å². The molecule has 2 aromatic heterocycles. The Morgan fingerprint density at radius 1 is 1.19 bits per heavy atom. The smallest absolute Gasteiger partial charge is 0.407 e. The van der Waals surface area contributed by atoms with Crippen molar-refractivity contribution in [3.63, 3.8) is 0 Å². The molecular formula is C18H16F3N5O. The van der Waals surface area contributed by atoms with Crippen LogP contribution < -0.4 is 11.1 Å². The summed E-state index contributed by atoms with van der Waals surface area (Å²) in [6.45, 7) is 0.432. The Balaban J connectivity index is 1.40. The Kier molecular flexibility index (Phi) is 4.31. The van der Waals surface area contributed by atoms with Crippen LogP contribution in [0, 0.1) is 0 Å². The van der Waals surface area contributed by atoms with Crippen LogP contribution in [-0.2, 0) is 12.7 Å². The zero-order valence-electron chi connectivity index (χ0n) is 14.1. The van der Waals surface area contributed by atoms with Crippen molar-refractivity contribution in [1.82, 2.24) is 20.5 Å². The Bertz CT molecular complexity index is 939. The minimum Gasteiger partial charge on any atom is -0.407 e. The number of nitrogens with zero attached hydrogens (tertiary/aromatic N) is 3. The molecule has 1 aliphatic rings. The van der Waals surface area contributed by atoms with Crippen LogP contribution in [0.25, 0.3) is 11.3 Å². The average molecular weight is 375 g/mol. The van der Waals surface area contributed by atoms with Crippen LogP contribution in [0.1, 0.15) is 29.4 Å². The molecule has 0 saturated heterocycles. The van der Waals surface area contributed by atoms with E-state index in [1.807, 2.05) is 6.07 Å². The first kappa shape index (κ1) is 17.5. The Morgan fingerprint density at radius 2 is 2.04 bits per heavy atom. The third-order valence-corrected chi connectivity index (χ3v) is 4.49. The molecule has 1 aromatic carbocycles. The SMILES string of the molecule is Nc1nnc(CNC2CC2c2ccc(-c3cccc(C(F)(F)F)c3)nc2)o1. The van der Waals surface area contributed by atoms with Crippen molar-refractivity contribution in [3.05, 3.63) is 59.6 Å². The van der Waals surface area contributed by atoms with Gasteiger partial charge in [-0.25, -0.2) is 0 Å². The number of nitrogens with two attached hydrogens (primary N) is 1. The molecular weight excluding hydrogens is 359 g/mol. The van der Waals surface area contributed by atoms with Crippen LogP contribution in [0.2, 0.25) is 0 Å². The van der Waals surface area contributed by atoms with Gasteiger partial charge in [-0.2, -0.15) is 13.2 Å². The maximum absolute atomic E-state index is 12.9. The fourth-order valence-corrected chi connectivity index (χ4v) is 3.00. The van der Waals surface area contributed by atoms with Gasteiger partial charge in [0.05, 0.1) is 17.8 Å². The largest absolute Gasteiger partial charge is 0.416 e. The molecule has 0 spiro atoms. The maximum atomic E-state index is 12.9. The number of halogens is 3. The topological polar surface area (TPSA) is 89.9 Å². The van der Waals surface area contributed by atoms with E-state index in [1.54, 1.807) is 18.3 Å². The van der Waals surface area contributed by atoms with Gasteiger partial charge in [0, 0.05) is 23.7 Å². The predicted octanol–water partition coefficient (Wildman–Crippen LogP) is 3.38. The quantitative estimate of drug-likeness (QED) is 0.711. The van der Waals surface area contributed by atoms with Crippen LogP contribution in [0.4, 0.5) is 19.2 Å². The molecule has 4 rings (SSSR count). The van der Waals surface area contributed by atoms with Crippen molar-refractivity contribution < 1.29 is 17.6 Å². The van der Waals surface area contributed by atoms with Crippen LogP contribution in [0.3, 0.4) is 0 Å². The number of hydrogen-bond acceptors (Lipinski definition) is 6. The average Bonchev–Trinajstić information content (AvgIpc) is 3.32. The molecule has 0 amide bonds. The summed E-state index contributed by atoms with van der Waals surface area (Å²) in [4.78, 5) is 4.34. The zero-order valence-corrected chi connectivity index (χ0v) is 14.1. The second kappa shape index (κ2) is 6.66. The molecule has 0 radical (unpaired) electrons. The molecule has 140 valence electrons. The highest BCUT2D eigenvalue weighted by atomic mass is 19.4. The highest BCUT2D eigenvalue weighted by Crippen LogP contribution is 2.41. The molecule has 1 aliphatic carbocycles. The summed E-state index contributed by atoms with van der Waals surface area (Å²) in [6, 6.07) is 9.12. The molecule has 2 heterocycles. The number of nitrogen functional groups attached to an aromatic ring is 1. The molecule has 1 fully saturated rings. The summed E-state index contributed by atoms with van der Waals surface area (Å²) in [6.07, 6.45) is -1.72. The Morgan fingerprint density at radius 3 is 2.70 bits per heavy atom. The molecule has 0 aliphatic heterocycles. The molecule has 3 aromatic rings. The van der Waals surface area contributed by atoms with Gasteiger partial charge in [-0.05, 0) is 30.2 Å². The van der Waals surface area contributed by atoms with Crippen molar-refractivity contribution in [2.75, 3.05) is 5.73 Å². The van der Waals surface area contributed by atoms with Crippen molar-refractivity contribution in [2.24, 2.45) is 0 Å². The monoisotopic (exact) mass is 375 g/mol. The lowest BCUT2D eigenvalue weighted by Crippen LogP contribution is -2.17. The predicted molar refractivity (Wildman–Crippen MR) is 91.4 cm³/mol. The van der Waals surface area contributed by atoms with Gasteiger partial charge < -0.3 is 15.5 Å². The van der Waals surface area contributed by atoms with Gasteiger partial charge in [-0.3, -0.25) is 4.98 Å². The van der Waals surface area contributed by atoms with Crippen molar-refractivity contribution in [3.8, 4) is 11.3 Å². The molecule has 9 heteroatoms. The van der Waals surface area contributed by atoms with Gasteiger partial charge in [0.25, 0.3) is 0 Å². The van der Waals surface area contributed by atoms with Gasteiger partial charge in [-0.1, -0.05) is 23.3 Å². The summed E-state index contributed by atoms with van der Waals surface area (Å²) in [5.74, 6) is 0.726. The molecule has 2 atom stereocenters. The molecule has 1 saturated carbocycles. The number of aromatic nitrogens is 3. The van der Waals surface area contributed by atoms with Crippen LogP contribution in [0.15, 0.2) is 47.0 Å². The Hall–Kier alpha value is -2.94. The molecule has 27 heavy (non-hydrogen) atoms. The van der Waals surface area contributed by atoms with E-state index in [0.29, 0.717) is 29.6 Å². The van der Waals surface area contributed by atoms with Gasteiger partial charge >= 0.3 is 12.2 Å². The number of alkyl halides is 3. The van der Waals surface area contributed by atoms with Crippen molar-refractivity contribution in [1.29, 1.82) is 0 Å². The highest BCUT2D eigenvalue weighted by Gasteiger charge is 2.38. The minimum absolute atomic E-state index is 0.0357. The first-order valence-corrected chi connectivity index (χ1v) is 8.35. The maximum Gasteiger partial charge on any atom is 0.416 e. The number of anilines is 1. The number of pyridine rings is 1. The normalized spacial score (nSPS) is 19.2. The van der Waals surface area contributed by atoms with Gasteiger partial charge in [0.2, 0.25) is 5.89 Å². The third kappa shape index (κ3) is 3.92. The minimum atomic E-state index is -4.37. The summed E-state index contributed by atoms with van der Waals surface area (Å²) in [5, 5.41) is 10.7. The van der Waals surface area contributed by atoms with E-state index in [1.165, 1.54) is 6.07 Å². The second-order valence-corrected chi connectivity index (χ2v) is 6.42.